The van der Waals surface area contributed by atoms with E-state index in [1.54, 1.807) is 18.7 Å². The highest BCUT2D eigenvalue weighted by Gasteiger charge is 2.52. The average Bonchev–Trinajstić information content (AvgIpc) is 2.67. The molecule has 1 aliphatic rings. The van der Waals surface area contributed by atoms with E-state index in [0.717, 1.165) is 0 Å². The molecule has 0 N–H and O–H groups in total. The molecule has 6 heteroatoms. The van der Waals surface area contributed by atoms with Crippen LogP contribution in [-0.4, -0.2) is 47.0 Å². The van der Waals surface area contributed by atoms with Crippen molar-refractivity contribution in [2.45, 2.75) is 85.1 Å². The van der Waals surface area contributed by atoms with Gasteiger partial charge in [0.1, 0.15) is 11.3 Å². The number of esters is 1. The minimum atomic E-state index is -0.739. The summed E-state index contributed by atoms with van der Waals surface area (Å²) in [5.41, 5.74) is -1.24. The third-order valence-electron chi connectivity index (χ3n) is 4.12. The lowest BCUT2D eigenvalue weighted by molar-refractivity contribution is -0.138. The van der Waals surface area contributed by atoms with Gasteiger partial charge in [0.25, 0.3) is 0 Å². The Labute approximate surface area is 151 Å². The van der Waals surface area contributed by atoms with E-state index in [4.69, 9.17) is 14.2 Å². The first-order valence-electron chi connectivity index (χ1n) is 8.83. The van der Waals surface area contributed by atoms with E-state index in [2.05, 4.69) is 0 Å². The zero-order valence-electron chi connectivity index (χ0n) is 16.9. The molecular formula is C19H33NO5. The highest BCUT2D eigenvalue weighted by Crippen LogP contribution is 2.39. The first-order chi connectivity index (χ1) is 11.3. The van der Waals surface area contributed by atoms with Gasteiger partial charge < -0.3 is 14.2 Å². The van der Waals surface area contributed by atoms with Gasteiger partial charge in [-0.3, -0.25) is 4.90 Å². The molecule has 0 spiro atoms. The van der Waals surface area contributed by atoms with Gasteiger partial charge in [0.05, 0.1) is 18.8 Å². The zero-order chi connectivity index (χ0) is 19.5. The monoisotopic (exact) mass is 355 g/mol. The maximum atomic E-state index is 12.7. The Morgan fingerprint density at radius 3 is 2.36 bits per heavy atom. The summed E-state index contributed by atoms with van der Waals surface area (Å²) in [4.78, 5) is 26.1. The molecule has 25 heavy (non-hydrogen) atoms. The standard InChI is InChI=1S/C19H33NO5/c1-9-23-15(21)14(2)11-10-12-19(8)13-24-18(6,7)20(19)16(22)25-17(3,4)5/h11H,9-10,12-13H2,1-8H3/b14-11+/t19-/m0/s1. The van der Waals surface area contributed by atoms with E-state index in [1.165, 1.54) is 0 Å². The van der Waals surface area contributed by atoms with Gasteiger partial charge in [-0.25, -0.2) is 9.59 Å². The van der Waals surface area contributed by atoms with Crippen LogP contribution >= 0.6 is 0 Å². The van der Waals surface area contributed by atoms with Crippen molar-refractivity contribution in [2.24, 2.45) is 0 Å². The first-order valence-corrected chi connectivity index (χ1v) is 8.83. The fourth-order valence-corrected chi connectivity index (χ4v) is 2.97. The zero-order valence-corrected chi connectivity index (χ0v) is 16.9. The minimum Gasteiger partial charge on any atom is -0.463 e. The van der Waals surface area contributed by atoms with Crippen LogP contribution in [0.5, 0.6) is 0 Å². The second-order valence-electron chi connectivity index (χ2n) is 8.19. The Bertz CT molecular complexity index is 532. The molecule has 0 bridgehead atoms. The van der Waals surface area contributed by atoms with Gasteiger partial charge in [0, 0.05) is 5.57 Å². The summed E-state index contributed by atoms with van der Waals surface area (Å²) in [5.74, 6) is -0.306. The van der Waals surface area contributed by atoms with Crippen molar-refractivity contribution in [1.82, 2.24) is 4.90 Å². The second kappa shape index (κ2) is 7.77. The molecule has 1 heterocycles. The van der Waals surface area contributed by atoms with Crippen molar-refractivity contribution in [1.29, 1.82) is 0 Å². The number of ether oxygens (including phenoxy) is 3. The molecule has 0 unspecified atom stereocenters. The third kappa shape index (κ3) is 5.73. The van der Waals surface area contributed by atoms with E-state index < -0.39 is 16.9 Å². The highest BCUT2D eigenvalue weighted by molar-refractivity contribution is 5.87. The quantitative estimate of drug-likeness (QED) is 0.550. The number of carbonyl (C=O) groups excluding carboxylic acids is 2. The number of carbonyl (C=O) groups is 2. The average molecular weight is 355 g/mol. The predicted octanol–water partition coefficient (Wildman–Crippen LogP) is 4.04. The van der Waals surface area contributed by atoms with Gasteiger partial charge in [-0.15, -0.1) is 0 Å². The summed E-state index contributed by atoms with van der Waals surface area (Å²) in [6.07, 6.45) is 2.76. The van der Waals surface area contributed by atoms with E-state index in [-0.39, 0.29) is 12.1 Å². The molecule has 0 aliphatic carbocycles. The van der Waals surface area contributed by atoms with Gasteiger partial charge >= 0.3 is 12.1 Å². The van der Waals surface area contributed by atoms with Gasteiger partial charge in [-0.1, -0.05) is 6.08 Å². The van der Waals surface area contributed by atoms with Crippen LogP contribution in [0.25, 0.3) is 0 Å². The Kier molecular flexibility index (Phi) is 6.68. The summed E-state index contributed by atoms with van der Waals surface area (Å²) in [5, 5.41) is 0. The molecule has 0 aromatic carbocycles. The van der Waals surface area contributed by atoms with Crippen LogP contribution in [0.3, 0.4) is 0 Å². The fourth-order valence-electron chi connectivity index (χ4n) is 2.97. The van der Waals surface area contributed by atoms with Crippen LogP contribution in [-0.2, 0) is 19.0 Å². The number of rotatable bonds is 5. The van der Waals surface area contributed by atoms with E-state index in [0.29, 0.717) is 31.6 Å². The van der Waals surface area contributed by atoms with Crippen LogP contribution in [0.1, 0.15) is 68.2 Å². The lowest BCUT2D eigenvalue weighted by Gasteiger charge is -2.40. The van der Waals surface area contributed by atoms with Gasteiger partial charge in [0.2, 0.25) is 0 Å². The molecular weight excluding hydrogens is 322 g/mol. The molecule has 0 radical (unpaired) electrons. The number of amides is 1. The lowest BCUT2D eigenvalue weighted by Crippen LogP contribution is -2.55. The van der Waals surface area contributed by atoms with E-state index in [9.17, 15) is 9.59 Å². The van der Waals surface area contributed by atoms with Crippen molar-refractivity contribution >= 4 is 12.1 Å². The number of allylic oxidation sites excluding steroid dienone is 1. The molecule has 1 rings (SSSR count). The summed E-state index contributed by atoms with van der Waals surface area (Å²) < 4.78 is 16.4. The Morgan fingerprint density at radius 1 is 1.24 bits per heavy atom. The smallest absolute Gasteiger partial charge is 0.413 e. The normalized spacial score (nSPS) is 23.5. The van der Waals surface area contributed by atoms with Crippen LogP contribution in [0, 0.1) is 0 Å². The predicted molar refractivity (Wildman–Crippen MR) is 96.1 cm³/mol. The number of hydrogen-bond acceptors (Lipinski definition) is 5. The lowest BCUT2D eigenvalue weighted by atomic mass is 9.94. The Hall–Kier alpha value is -1.56. The molecule has 6 nitrogen and oxygen atoms in total. The largest absolute Gasteiger partial charge is 0.463 e. The van der Waals surface area contributed by atoms with Gasteiger partial charge in [-0.2, -0.15) is 0 Å². The van der Waals surface area contributed by atoms with Crippen molar-refractivity contribution in [3.05, 3.63) is 11.6 Å². The van der Waals surface area contributed by atoms with Crippen LogP contribution in [0.2, 0.25) is 0 Å². The second-order valence-corrected chi connectivity index (χ2v) is 8.19. The van der Waals surface area contributed by atoms with Crippen molar-refractivity contribution in [2.75, 3.05) is 13.2 Å². The SMILES string of the molecule is CCOC(=O)/C(C)=C/CC[C@@]1(C)COC(C)(C)N1C(=O)OC(C)(C)C. The van der Waals surface area contributed by atoms with Crippen molar-refractivity contribution in [3.63, 3.8) is 0 Å². The molecule has 144 valence electrons. The number of nitrogens with zero attached hydrogens (tertiary/aromatic N) is 1. The molecule has 1 amide bonds. The Balaban J connectivity index is 2.86. The van der Waals surface area contributed by atoms with Crippen LogP contribution in [0.4, 0.5) is 4.79 Å². The highest BCUT2D eigenvalue weighted by atomic mass is 16.6. The van der Waals surface area contributed by atoms with E-state index >= 15 is 0 Å². The Morgan fingerprint density at radius 2 is 1.84 bits per heavy atom. The van der Waals surface area contributed by atoms with Gasteiger partial charge in [0.15, 0.2) is 0 Å². The minimum absolute atomic E-state index is 0.306. The maximum Gasteiger partial charge on any atom is 0.413 e. The topological polar surface area (TPSA) is 65.1 Å². The summed E-state index contributed by atoms with van der Waals surface area (Å²) in [7, 11) is 0. The van der Waals surface area contributed by atoms with Crippen molar-refractivity contribution < 1.29 is 23.8 Å². The van der Waals surface area contributed by atoms with E-state index in [1.807, 2.05) is 47.6 Å². The molecule has 0 saturated carbocycles. The maximum absolute atomic E-state index is 12.7. The van der Waals surface area contributed by atoms with Gasteiger partial charge in [-0.05, 0) is 68.2 Å². The number of hydrogen-bond donors (Lipinski definition) is 0. The molecule has 0 aromatic rings. The molecule has 1 aliphatic heterocycles. The molecule has 1 saturated heterocycles. The summed E-state index contributed by atoms with van der Waals surface area (Å²) in [6.45, 7) is 15.5. The molecule has 0 aromatic heterocycles. The van der Waals surface area contributed by atoms with Crippen molar-refractivity contribution in [3.8, 4) is 0 Å². The molecule has 1 fully saturated rings. The summed E-state index contributed by atoms with van der Waals surface area (Å²) in [6, 6.07) is 0. The summed E-state index contributed by atoms with van der Waals surface area (Å²) >= 11 is 0. The first kappa shape index (κ1) is 21.5. The van der Waals surface area contributed by atoms with Crippen LogP contribution in [0.15, 0.2) is 11.6 Å². The molecule has 1 atom stereocenters. The van der Waals surface area contributed by atoms with Crippen LogP contribution < -0.4 is 0 Å². The fraction of sp³-hybridized carbons (Fsp3) is 0.789. The third-order valence-corrected chi connectivity index (χ3v) is 4.12.